The lowest BCUT2D eigenvalue weighted by molar-refractivity contribution is -0.117. The van der Waals surface area contributed by atoms with E-state index in [-0.39, 0.29) is 5.92 Å². The van der Waals surface area contributed by atoms with E-state index in [0.29, 0.717) is 18.1 Å². The van der Waals surface area contributed by atoms with E-state index in [1.165, 1.54) is 5.57 Å². The standard InChI is InChI=1S/C12H14O2/c13-8-9-1-3-10(4-2-9)11-5-6-12(14)7-11/h1,3-4,8-9,11H,2,5-7H2. The van der Waals surface area contributed by atoms with Crippen LogP contribution in [0.5, 0.6) is 0 Å². The fourth-order valence-corrected chi connectivity index (χ4v) is 2.16. The lowest BCUT2D eigenvalue weighted by Crippen LogP contribution is -2.05. The molecular weight excluding hydrogens is 176 g/mol. The van der Waals surface area contributed by atoms with Gasteiger partial charge in [0, 0.05) is 18.8 Å². The van der Waals surface area contributed by atoms with Crippen molar-refractivity contribution in [1.82, 2.24) is 0 Å². The SMILES string of the molecule is O=CC1C=CC(C2CCC(=O)C2)=CC1. The molecule has 0 aromatic carbocycles. The Morgan fingerprint density at radius 2 is 2.29 bits per heavy atom. The molecule has 0 N–H and O–H groups in total. The molecule has 0 aromatic heterocycles. The molecule has 2 nitrogen and oxygen atoms in total. The maximum absolute atomic E-state index is 11.1. The first-order valence-corrected chi connectivity index (χ1v) is 5.15. The highest BCUT2D eigenvalue weighted by Crippen LogP contribution is 2.32. The third-order valence-corrected chi connectivity index (χ3v) is 3.05. The largest absolute Gasteiger partial charge is 0.303 e. The predicted octanol–water partition coefficient (Wildman–Crippen LogP) is 2.06. The molecule has 2 aliphatic carbocycles. The van der Waals surface area contributed by atoms with Crippen LogP contribution < -0.4 is 0 Å². The van der Waals surface area contributed by atoms with Gasteiger partial charge < -0.3 is 4.79 Å². The van der Waals surface area contributed by atoms with Crippen molar-refractivity contribution in [3.8, 4) is 0 Å². The van der Waals surface area contributed by atoms with Crippen LogP contribution in [0.3, 0.4) is 0 Å². The fraction of sp³-hybridized carbons (Fsp3) is 0.500. The molecule has 0 heterocycles. The molecule has 0 bridgehead atoms. The van der Waals surface area contributed by atoms with Crippen LogP contribution >= 0.6 is 0 Å². The molecular formula is C12H14O2. The molecule has 2 atom stereocenters. The third kappa shape index (κ3) is 1.84. The molecule has 2 unspecified atom stereocenters. The summed E-state index contributed by atoms with van der Waals surface area (Å²) in [6.07, 6.45) is 10.3. The van der Waals surface area contributed by atoms with Crippen molar-refractivity contribution in [3.05, 3.63) is 23.8 Å². The summed E-state index contributed by atoms with van der Waals surface area (Å²) < 4.78 is 0. The maximum atomic E-state index is 11.1. The zero-order valence-corrected chi connectivity index (χ0v) is 8.11. The van der Waals surface area contributed by atoms with E-state index in [9.17, 15) is 9.59 Å². The smallest absolute Gasteiger partial charge is 0.133 e. The quantitative estimate of drug-likeness (QED) is 0.624. The number of carbonyl (C=O) groups is 2. The Hall–Kier alpha value is -1.18. The Kier molecular flexibility index (Phi) is 2.62. The van der Waals surface area contributed by atoms with Gasteiger partial charge in [0.1, 0.15) is 12.1 Å². The summed E-state index contributed by atoms with van der Waals surface area (Å²) in [5.41, 5.74) is 1.26. The molecule has 2 rings (SSSR count). The monoisotopic (exact) mass is 190 g/mol. The van der Waals surface area contributed by atoms with Crippen molar-refractivity contribution in [3.63, 3.8) is 0 Å². The van der Waals surface area contributed by atoms with Crippen LogP contribution in [0.25, 0.3) is 0 Å². The highest BCUT2D eigenvalue weighted by Gasteiger charge is 2.25. The van der Waals surface area contributed by atoms with Crippen molar-refractivity contribution < 1.29 is 9.59 Å². The highest BCUT2D eigenvalue weighted by molar-refractivity contribution is 5.81. The second-order valence-electron chi connectivity index (χ2n) is 4.08. The Labute approximate surface area is 83.7 Å². The van der Waals surface area contributed by atoms with Gasteiger partial charge >= 0.3 is 0 Å². The van der Waals surface area contributed by atoms with Crippen molar-refractivity contribution in [2.24, 2.45) is 11.8 Å². The van der Waals surface area contributed by atoms with Crippen LogP contribution in [-0.4, -0.2) is 12.1 Å². The summed E-state index contributed by atoms with van der Waals surface area (Å²) in [6.45, 7) is 0. The van der Waals surface area contributed by atoms with E-state index < -0.39 is 0 Å². The average molecular weight is 190 g/mol. The zero-order chi connectivity index (χ0) is 9.97. The molecule has 14 heavy (non-hydrogen) atoms. The van der Waals surface area contributed by atoms with Crippen molar-refractivity contribution in [2.75, 3.05) is 0 Å². The number of carbonyl (C=O) groups excluding carboxylic acids is 2. The normalized spacial score (nSPS) is 31.7. The molecule has 0 aliphatic heterocycles. The minimum absolute atomic E-state index is 0.0517. The molecule has 0 saturated heterocycles. The van der Waals surface area contributed by atoms with E-state index in [1.807, 2.05) is 12.2 Å². The molecule has 1 saturated carbocycles. The maximum Gasteiger partial charge on any atom is 0.133 e. The van der Waals surface area contributed by atoms with Crippen molar-refractivity contribution >= 4 is 12.1 Å². The topological polar surface area (TPSA) is 34.1 Å². The van der Waals surface area contributed by atoms with Crippen molar-refractivity contribution in [2.45, 2.75) is 25.7 Å². The molecule has 1 fully saturated rings. The van der Waals surface area contributed by atoms with E-state index in [1.54, 1.807) is 0 Å². The summed E-state index contributed by atoms with van der Waals surface area (Å²) in [4.78, 5) is 21.6. The first kappa shape index (κ1) is 9.38. The van der Waals surface area contributed by atoms with Gasteiger partial charge in [0.05, 0.1) is 0 Å². The van der Waals surface area contributed by atoms with Crippen LogP contribution in [0, 0.1) is 11.8 Å². The molecule has 0 spiro atoms. The lowest BCUT2D eigenvalue weighted by atomic mass is 9.89. The second-order valence-corrected chi connectivity index (χ2v) is 4.08. The van der Waals surface area contributed by atoms with Crippen LogP contribution in [-0.2, 0) is 9.59 Å². The molecule has 0 aromatic rings. The summed E-state index contributed by atoms with van der Waals surface area (Å²) in [6, 6.07) is 0. The first-order chi connectivity index (χ1) is 6.79. The van der Waals surface area contributed by atoms with Gasteiger partial charge in [-0.25, -0.2) is 0 Å². The summed E-state index contributed by atoms with van der Waals surface area (Å²) in [5.74, 6) is 0.851. The number of aldehydes is 1. The highest BCUT2D eigenvalue weighted by atomic mass is 16.1. The predicted molar refractivity (Wildman–Crippen MR) is 53.7 cm³/mol. The van der Waals surface area contributed by atoms with Crippen LogP contribution in [0.15, 0.2) is 23.8 Å². The minimum Gasteiger partial charge on any atom is -0.303 e. The Balaban J connectivity index is 2.01. The number of rotatable bonds is 2. The van der Waals surface area contributed by atoms with E-state index >= 15 is 0 Å². The van der Waals surface area contributed by atoms with E-state index in [4.69, 9.17) is 0 Å². The van der Waals surface area contributed by atoms with Crippen LogP contribution in [0.1, 0.15) is 25.7 Å². The van der Waals surface area contributed by atoms with Crippen molar-refractivity contribution in [1.29, 1.82) is 0 Å². The number of ketones is 1. The summed E-state index contributed by atoms with van der Waals surface area (Å²) in [7, 11) is 0. The molecule has 2 heteroatoms. The lowest BCUT2D eigenvalue weighted by Gasteiger charge is -2.15. The number of Topliss-reactive ketones (excluding diaryl/α,β-unsaturated/α-hetero) is 1. The number of hydrogen-bond donors (Lipinski definition) is 0. The van der Waals surface area contributed by atoms with Gasteiger partial charge in [0.25, 0.3) is 0 Å². The first-order valence-electron chi connectivity index (χ1n) is 5.15. The van der Waals surface area contributed by atoms with Gasteiger partial charge in [0.15, 0.2) is 0 Å². The van der Waals surface area contributed by atoms with E-state index in [0.717, 1.165) is 25.5 Å². The second kappa shape index (κ2) is 3.91. The Morgan fingerprint density at radius 3 is 2.79 bits per heavy atom. The molecule has 2 aliphatic rings. The summed E-state index contributed by atoms with van der Waals surface area (Å²) >= 11 is 0. The summed E-state index contributed by atoms with van der Waals surface area (Å²) in [5, 5.41) is 0. The van der Waals surface area contributed by atoms with Gasteiger partial charge in [-0.1, -0.05) is 18.2 Å². The zero-order valence-electron chi connectivity index (χ0n) is 8.11. The van der Waals surface area contributed by atoms with Gasteiger partial charge in [-0.15, -0.1) is 0 Å². The number of hydrogen-bond acceptors (Lipinski definition) is 2. The van der Waals surface area contributed by atoms with Crippen LogP contribution in [0.4, 0.5) is 0 Å². The van der Waals surface area contributed by atoms with Gasteiger partial charge in [-0.3, -0.25) is 4.79 Å². The molecule has 0 amide bonds. The van der Waals surface area contributed by atoms with E-state index in [2.05, 4.69) is 6.08 Å². The fourth-order valence-electron chi connectivity index (χ4n) is 2.16. The average Bonchev–Trinajstić information content (AvgIpc) is 2.65. The van der Waals surface area contributed by atoms with Gasteiger partial charge in [-0.2, -0.15) is 0 Å². The molecule has 0 radical (unpaired) electrons. The number of allylic oxidation sites excluding steroid dienone is 4. The third-order valence-electron chi connectivity index (χ3n) is 3.05. The van der Waals surface area contributed by atoms with Gasteiger partial charge in [-0.05, 0) is 24.3 Å². The Morgan fingerprint density at radius 1 is 1.43 bits per heavy atom. The molecule has 74 valence electrons. The van der Waals surface area contributed by atoms with Gasteiger partial charge in [0.2, 0.25) is 0 Å². The van der Waals surface area contributed by atoms with Crippen LogP contribution in [0.2, 0.25) is 0 Å². The Bertz CT molecular complexity index is 312. The minimum atomic E-state index is 0.0517.